The topological polar surface area (TPSA) is 38.8 Å². The number of hydrogen-bond acceptors (Lipinski definition) is 3. The Labute approximate surface area is 119 Å². The van der Waals surface area contributed by atoms with Gasteiger partial charge in [0.2, 0.25) is 5.91 Å². The van der Waals surface area contributed by atoms with Gasteiger partial charge >= 0.3 is 0 Å². The second kappa shape index (κ2) is 5.94. The van der Waals surface area contributed by atoms with Gasteiger partial charge in [0.15, 0.2) is 0 Å². The summed E-state index contributed by atoms with van der Waals surface area (Å²) in [5.74, 6) is 0.246. The summed E-state index contributed by atoms with van der Waals surface area (Å²) in [5, 5.41) is 0. The van der Waals surface area contributed by atoms with Crippen molar-refractivity contribution >= 4 is 5.91 Å². The molecule has 2 saturated heterocycles. The summed E-state index contributed by atoms with van der Waals surface area (Å²) in [6.45, 7) is 4.01. The van der Waals surface area contributed by atoms with Crippen LogP contribution in [-0.4, -0.2) is 50.3 Å². The smallest absolute Gasteiger partial charge is 0.233 e. The molecular weight excluding hydrogens is 254 g/mol. The van der Waals surface area contributed by atoms with E-state index >= 15 is 0 Å². The molecule has 2 fully saturated rings. The van der Waals surface area contributed by atoms with Gasteiger partial charge in [0, 0.05) is 26.3 Å². The molecule has 2 aliphatic heterocycles. The molecule has 0 aromatic heterocycles. The quantitative estimate of drug-likeness (QED) is 0.823. The van der Waals surface area contributed by atoms with E-state index in [2.05, 4.69) is 12.1 Å². The Balaban J connectivity index is 1.91. The lowest BCUT2D eigenvalue weighted by molar-refractivity contribution is -0.145. The molecule has 2 heterocycles. The number of ether oxygens (including phenoxy) is 2. The highest BCUT2D eigenvalue weighted by Crippen LogP contribution is 2.36. The number of morpholine rings is 1. The van der Waals surface area contributed by atoms with Crippen molar-refractivity contribution in [2.45, 2.75) is 18.3 Å². The van der Waals surface area contributed by atoms with Gasteiger partial charge in [0.05, 0.1) is 18.6 Å². The van der Waals surface area contributed by atoms with Crippen LogP contribution in [0.5, 0.6) is 0 Å². The van der Waals surface area contributed by atoms with Gasteiger partial charge in [0.25, 0.3) is 0 Å². The van der Waals surface area contributed by atoms with Crippen LogP contribution in [0.2, 0.25) is 0 Å². The lowest BCUT2D eigenvalue weighted by Gasteiger charge is -2.41. The minimum atomic E-state index is -0.406. The van der Waals surface area contributed by atoms with Crippen LogP contribution in [0, 0.1) is 0 Å². The zero-order chi connectivity index (χ0) is 13.8. The molecule has 0 N–H and O–H groups in total. The second-order valence-electron chi connectivity index (χ2n) is 5.47. The first-order chi connectivity index (χ1) is 9.83. The number of carbonyl (C=O) groups excluding carboxylic acids is 1. The number of nitrogens with zero attached hydrogens (tertiary/aromatic N) is 1. The molecule has 4 heteroatoms. The third kappa shape index (κ3) is 2.45. The average molecular weight is 275 g/mol. The molecule has 20 heavy (non-hydrogen) atoms. The second-order valence-corrected chi connectivity index (χ2v) is 5.47. The fourth-order valence-electron chi connectivity index (χ4n) is 3.17. The van der Waals surface area contributed by atoms with E-state index in [0.717, 1.165) is 18.4 Å². The molecule has 2 aliphatic rings. The van der Waals surface area contributed by atoms with Crippen LogP contribution in [0.1, 0.15) is 18.4 Å². The highest BCUT2D eigenvalue weighted by Gasteiger charge is 2.44. The van der Waals surface area contributed by atoms with E-state index in [-0.39, 0.29) is 5.91 Å². The van der Waals surface area contributed by atoms with Crippen molar-refractivity contribution in [1.29, 1.82) is 0 Å². The Morgan fingerprint density at radius 3 is 2.20 bits per heavy atom. The standard InChI is InChI=1S/C16H21NO3/c18-15(17-8-12-20-13-9-17)16(6-10-19-11-7-16)14-4-2-1-3-5-14/h1-5H,6-13H2. The summed E-state index contributed by atoms with van der Waals surface area (Å²) in [5.41, 5.74) is 0.719. The van der Waals surface area contributed by atoms with Crippen LogP contribution in [0.25, 0.3) is 0 Å². The van der Waals surface area contributed by atoms with Gasteiger partial charge < -0.3 is 14.4 Å². The fourth-order valence-corrected chi connectivity index (χ4v) is 3.17. The molecule has 108 valence electrons. The van der Waals surface area contributed by atoms with Crippen molar-refractivity contribution in [3.8, 4) is 0 Å². The molecule has 1 amide bonds. The van der Waals surface area contributed by atoms with Crippen molar-refractivity contribution < 1.29 is 14.3 Å². The van der Waals surface area contributed by atoms with Crippen LogP contribution in [0.15, 0.2) is 30.3 Å². The molecule has 0 atom stereocenters. The zero-order valence-corrected chi connectivity index (χ0v) is 11.7. The third-order valence-electron chi connectivity index (χ3n) is 4.38. The van der Waals surface area contributed by atoms with Gasteiger partial charge in [-0.05, 0) is 18.4 Å². The Hall–Kier alpha value is -1.39. The van der Waals surface area contributed by atoms with Crippen molar-refractivity contribution in [2.24, 2.45) is 0 Å². The van der Waals surface area contributed by atoms with Crippen LogP contribution in [-0.2, 0) is 19.7 Å². The van der Waals surface area contributed by atoms with Crippen LogP contribution in [0.4, 0.5) is 0 Å². The number of carbonyl (C=O) groups is 1. The van der Waals surface area contributed by atoms with Gasteiger partial charge in [-0.1, -0.05) is 30.3 Å². The van der Waals surface area contributed by atoms with Crippen molar-refractivity contribution in [3.05, 3.63) is 35.9 Å². The normalized spacial score (nSPS) is 22.5. The Morgan fingerprint density at radius 1 is 0.950 bits per heavy atom. The highest BCUT2D eigenvalue weighted by atomic mass is 16.5. The molecule has 0 unspecified atom stereocenters. The van der Waals surface area contributed by atoms with Crippen molar-refractivity contribution in [1.82, 2.24) is 4.90 Å². The first-order valence-corrected chi connectivity index (χ1v) is 7.33. The Kier molecular flexibility index (Phi) is 4.03. The predicted octanol–water partition coefficient (Wildman–Crippen LogP) is 1.59. The summed E-state index contributed by atoms with van der Waals surface area (Å²) < 4.78 is 10.8. The lowest BCUT2D eigenvalue weighted by atomic mass is 9.73. The average Bonchev–Trinajstić information content (AvgIpc) is 2.56. The van der Waals surface area contributed by atoms with Crippen LogP contribution >= 0.6 is 0 Å². The van der Waals surface area contributed by atoms with E-state index < -0.39 is 5.41 Å². The van der Waals surface area contributed by atoms with Crippen LogP contribution in [0.3, 0.4) is 0 Å². The van der Waals surface area contributed by atoms with E-state index in [1.54, 1.807) is 0 Å². The third-order valence-corrected chi connectivity index (χ3v) is 4.38. The molecule has 0 aliphatic carbocycles. The molecule has 4 nitrogen and oxygen atoms in total. The first kappa shape index (κ1) is 13.6. The van der Waals surface area contributed by atoms with Crippen molar-refractivity contribution in [2.75, 3.05) is 39.5 Å². The van der Waals surface area contributed by atoms with Gasteiger partial charge in [-0.3, -0.25) is 4.79 Å². The minimum absolute atomic E-state index is 0.246. The monoisotopic (exact) mass is 275 g/mol. The maximum absolute atomic E-state index is 13.1. The Bertz CT molecular complexity index is 448. The van der Waals surface area contributed by atoms with E-state index in [1.807, 2.05) is 23.1 Å². The van der Waals surface area contributed by atoms with E-state index in [4.69, 9.17) is 9.47 Å². The fraction of sp³-hybridized carbons (Fsp3) is 0.562. The molecule has 1 aromatic rings. The summed E-state index contributed by atoms with van der Waals surface area (Å²) >= 11 is 0. The summed E-state index contributed by atoms with van der Waals surface area (Å²) in [4.78, 5) is 15.1. The summed E-state index contributed by atoms with van der Waals surface area (Å²) in [7, 11) is 0. The maximum atomic E-state index is 13.1. The van der Waals surface area contributed by atoms with Crippen LogP contribution < -0.4 is 0 Å². The molecule has 3 rings (SSSR count). The molecule has 1 aromatic carbocycles. The molecule has 0 radical (unpaired) electrons. The molecule has 0 spiro atoms. The molecule has 0 saturated carbocycles. The summed E-state index contributed by atoms with van der Waals surface area (Å²) in [6, 6.07) is 10.2. The number of amides is 1. The lowest BCUT2D eigenvalue weighted by Crippen LogP contribution is -2.53. The van der Waals surface area contributed by atoms with Gasteiger partial charge in [-0.2, -0.15) is 0 Å². The Morgan fingerprint density at radius 2 is 1.55 bits per heavy atom. The van der Waals surface area contributed by atoms with Gasteiger partial charge in [-0.15, -0.1) is 0 Å². The molecular formula is C16H21NO3. The minimum Gasteiger partial charge on any atom is -0.381 e. The number of benzene rings is 1. The zero-order valence-electron chi connectivity index (χ0n) is 11.7. The van der Waals surface area contributed by atoms with Gasteiger partial charge in [-0.25, -0.2) is 0 Å². The maximum Gasteiger partial charge on any atom is 0.233 e. The van der Waals surface area contributed by atoms with E-state index in [9.17, 15) is 4.79 Å². The number of hydrogen-bond donors (Lipinski definition) is 0. The van der Waals surface area contributed by atoms with E-state index in [1.165, 1.54) is 0 Å². The summed E-state index contributed by atoms with van der Waals surface area (Å²) in [6.07, 6.45) is 1.54. The largest absolute Gasteiger partial charge is 0.381 e. The SMILES string of the molecule is O=C(N1CCOCC1)C1(c2ccccc2)CCOCC1. The van der Waals surface area contributed by atoms with E-state index in [0.29, 0.717) is 39.5 Å². The van der Waals surface area contributed by atoms with Gasteiger partial charge in [0.1, 0.15) is 0 Å². The molecule has 0 bridgehead atoms. The highest BCUT2D eigenvalue weighted by molar-refractivity contribution is 5.88. The number of rotatable bonds is 2. The first-order valence-electron chi connectivity index (χ1n) is 7.33. The predicted molar refractivity (Wildman–Crippen MR) is 75.6 cm³/mol. The van der Waals surface area contributed by atoms with Crippen molar-refractivity contribution in [3.63, 3.8) is 0 Å².